The number of hydrogen-bond acceptors (Lipinski definition) is 4. The number of fused-ring (bicyclic) bond motifs is 1. The van der Waals surface area contributed by atoms with Crippen molar-refractivity contribution < 1.29 is 4.79 Å². The number of amides is 1. The highest BCUT2D eigenvalue weighted by Crippen LogP contribution is 2.34. The molecule has 0 aliphatic carbocycles. The van der Waals surface area contributed by atoms with Gasteiger partial charge in [0.05, 0.1) is 10.4 Å². The summed E-state index contributed by atoms with van der Waals surface area (Å²) in [5.74, 6) is 0.619. The lowest BCUT2D eigenvalue weighted by Gasteiger charge is -2.36. The van der Waals surface area contributed by atoms with Crippen LogP contribution in [0.3, 0.4) is 0 Å². The molecule has 1 aliphatic rings. The van der Waals surface area contributed by atoms with Gasteiger partial charge >= 0.3 is 0 Å². The number of nitrogens with zero attached hydrogens (tertiary/aromatic N) is 2. The summed E-state index contributed by atoms with van der Waals surface area (Å²) >= 11 is 1.45. The molecule has 4 nitrogen and oxygen atoms in total. The van der Waals surface area contributed by atoms with E-state index in [1.54, 1.807) is 6.20 Å². The molecule has 0 saturated carbocycles. The first-order valence-electron chi connectivity index (χ1n) is 7.02. The Balaban J connectivity index is 1.97. The predicted molar refractivity (Wildman–Crippen MR) is 82.9 cm³/mol. The molecule has 1 aliphatic heterocycles. The Morgan fingerprint density at radius 1 is 1.45 bits per heavy atom. The molecular formula is C15H19N3OS. The van der Waals surface area contributed by atoms with Crippen molar-refractivity contribution in [3.8, 4) is 0 Å². The molecule has 3 heterocycles. The SMILES string of the molecule is CC1CCC(C)N(C(=O)c2sc3cccnc3c2N)C1. The fraction of sp³-hybridized carbons (Fsp3) is 0.467. The third kappa shape index (κ3) is 2.16. The number of carbonyl (C=O) groups excluding carboxylic acids is 1. The van der Waals surface area contributed by atoms with E-state index in [4.69, 9.17) is 5.73 Å². The first-order valence-corrected chi connectivity index (χ1v) is 7.83. The number of anilines is 1. The molecule has 5 heteroatoms. The van der Waals surface area contributed by atoms with Gasteiger partial charge in [-0.3, -0.25) is 9.78 Å². The van der Waals surface area contributed by atoms with E-state index in [1.807, 2.05) is 17.0 Å². The molecule has 3 rings (SSSR count). The molecule has 106 valence electrons. The third-order valence-corrected chi connectivity index (χ3v) is 5.20. The van der Waals surface area contributed by atoms with Gasteiger partial charge in [-0.1, -0.05) is 6.92 Å². The van der Waals surface area contributed by atoms with Crippen LogP contribution in [0.4, 0.5) is 5.69 Å². The van der Waals surface area contributed by atoms with E-state index >= 15 is 0 Å². The summed E-state index contributed by atoms with van der Waals surface area (Å²) in [6, 6.07) is 4.12. The van der Waals surface area contributed by atoms with Crippen LogP contribution in [0.25, 0.3) is 10.2 Å². The first kappa shape index (κ1) is 13.4. The highest BCUT2D eigenvalue weighted by molar-refractivity contribution is 7.21. The van der Waals surface area contributed by atoms with Crippen molar-refractivity contribution in [1.82, 2.24) is 9.88 Å². The van der Waals surface area contributed by atoms with E-state index in [1.165, 1.54) is 17.8 Å². The molecule has 2 aromatic heterocycles. The second kappa shape index (κ2) is 5.05. The maximum absolute atomic E-state index is 12.8. The monoisotopic (exact) mass is 289 g/mol. The topological polar surface area (TPSA) is 59.2 Å². The first-order chi connectivity index (χ1) is 9.58. The van der Waals surface area contributed by atoms with E-state index in [0.717, 1.165) is 23.2 Å². The summed E-state index contributed by atoms with van der Waals surface area (Å²) < 4.78 is 0.978. The molecule has 2 atom stereocenters. The predicted octanol–water partition coefficient (Wildman–Crippen LogP) is 3.14. The zero-order chi connectivity index (χ0) is 14.3. The van der Waals surface area contributed by atoms with Gasteiger partial charge < -0.3 is 10.6 Å². The average Bonchev–Trinajstić information content (AvgIpc) is 2.79. The number of hydrogen-bond donors (Lipinski definition) is 1. The zero-order valence-corrected chi connectivity index (χ0v) is 12.6. The van der Waals surface area contributed by atoms with Crippen LogP contribution >= 0.6 is 11.3 Å². The minimum absolute atomic E-state index is 0.0598. The average molecular weight is 289 g/mol. The maximum Gasteiger partial charge on any atom is 0.266 e. The van der Waals surface area contributed by atoms with Crippen molar-refractivity contribution in [2.75, 3.05) is 12.3 Å². The van der Waals surface area contributed by atoms with E-state index in [9.17, 15) is 4.79 Å². The highest BCUT2D eigenvalue weighted by atomic mass is 32.1. The van der Waals surface area contributed by atoms with Gasteiger partial charge in [0, 0.05) is 18.8 Å². The van der Waals surface area contributed by atoms with Crippen molar-refractivity contribution in [2.24, 2.45) is 5.92 Å². The third-order valence-electron chi connectivity index (χ3n) is 4.06. The number of nitrogens with two attached hydrogens (primary N) is 1. The Labute approximate surface area is 122 Å². The zero-order valence-electron chi connectivity index (χ0n) is 11.8. The smallest absolute Gasteiger partial charge is 0.266 e. The van der Waals surface area contributed by atoms with Gasteiger partial charge in [0.25, 0.3) is 5.91 Å². The number of nitrogen functional groups attached to an aromatic ring is 1. The van der Waals surface area contributed by atoms with Crippen LogP contribution in [0.2, 0.25) is 0 Å². The minimum atomic E-state index is 0.0598. The molecule has 20 heavy (non-hydrogen) atoms. The lowest BCUT2D eigenvalue weighted by atomic mass is 9.95. The summed E-state index contributed by atoms with van der Waals surface area (Å²) in [4.78, 5) is 19.7. The van der Waals surface area contributed by atoms with Crippen molar-refractivity contribution in [3.63, 3.8) is 0 Å². The molecule has 1 saturated heterocycles. The van der Waals surface area contributed by atoms with Gasteiger partial charge in [0.15, 0.2) is 0 Å². The molecule has 0 bridgehead atoms. The molecule has 2 aromatic rings. The number of rotatable bonds is 1. The van der Waals surface area contributed by atoms with Gasteiger partial charge in [0.1, 0.15) is 10.4 Å². The molecule has 1 amide bonds. The van der Waals surface area contributed by atoms with Gasteiger partial charge in [-0.25, -0.2) is 0 Å². The number of pyridine rings is 1. The van der Waals surface area contributed by atoms with Gasteiger partial charge in [0.2, 0.25) is 0 Å². The van der Waals surface area contributed by atoms with Crippen LogP contribution in [0.15, 0.2) is 18.3 Å². The minimum Gasteiger partial charge on any atom is -0.396 e. The molecule has 0 spiro atoms. The number of likely N-dealkylation sites (tertiary alicyclic amines) is 1. The van der Waals surface area contributed by atoms with Crippen LogP contribution in [-0.2, 0) is 0 Å². The second-order valence-corrected chi connectivity index (χ2v) is 6.74. The second-order valence-electron chi connectivity index (χ2n) is 5.68. The fourth-order valence-corrected chi connectivity index (χ4v) is 3.85. The molecular weight excluding hydrogens is 270 g/mol. The van der Waals surface area contributed by atoms with Crippen molar-refractivity contribution >= 4 is 33.1 Å². The molecule has 2 unspecified atom stereocenters. The van der Waals surface area contributed by atoms with Crippen LogP contribution in [-0.4, -0.2) is 28.4 Å². The Hall–Kier alpha value is -1.62. The van der Waals surface area contributed by atoms with Crippen LogP contribution in [0.1, 0.15) is 36.4 Å². The standard InChI is InChI=1S/C15H19N3OS/c1-9-5-6-10(2)18(8-9)15(19)14-12(16)13-11(20-14)4-3-7-17-13/h3-4,7,9-10H,5-6,8,16H2,1-2H3. The number of aromatic nitrogens is 1. The molecule has 1 fully saturated rings. The molecule has 0 radical (unpaired) electrons. The van der Waals surface area contributed by atoms with Gasteiger partial charge in [-0.15, -0.1) is 11.3 Å². The van der Waals surface area contributed by atoms with Gasteiger partial charge in [-0.2, -0.15) is 0 Å². The van der Waals surface area contributed by atoms with E-state index in [0.29, 0.717) is 16.5 Å². The van der Waals surface area contributed by atoms with E-state index < -0.39 is 0 Å². The largest absolute Gasteiger partial charge is 0.396 e. The highest BCUT2D eigenvalue weighted by Gasteiger charge is 2.30. The summed E-state index contributed by atoms with van der Waals surface area (Å²) in [7, 11) is 0. The summed E-state index contributed by atoms with van der Waals surface area (Å²) in [6.45, 7) is 5.13. The van der Waals surface area contributed by atoms with Crippen LogP contribution in [0.5, 0.6) is 0 Å². The number of carbonyl (C=O) groups is 1. The van der Waals surface area contributed by atoms with Crippen molar-refractivity contribution in [1.29, 1.82) is 0 Å². The summed E-state index contributed by atoms with van der Waals surface area (Å²) in [6.07, 6.45) is 3.97. The van der Waals surface area contributed by atoms with Crippen LogP contribution in [0, 0.1) is 5.92 Å². The fourth-order valence-electron chi connectivity index (χ4n) is 2.81. The summed E-state index contributed by atoms with van der Waals surface area (Å²) in [5, 5.41) is 0. The number of thiophene rings is 1. The van der Waals surface area contributed by atoms with Gasteiger partial charge in [-0.05, 0) is 37.8 Å². The lowest BCUT2D eigenvalue weighted by Crippen LogP contribution is -2.44. The maximum atomic E-state index is 12.8. The quantitative estimate of drug-likeness (QED) is 0.877. The Morgan fingerprint density at radius 3 is 3.00 bits per heavy atom. The van der Waals surface area contributed by atoms with Crippen LogP contribution < -0.4 is 5.73 Å². The van der Waals surface area contributed by atoms with E-state index in [2.05, 4.69) is 18.8 Å². The lowest BCUT2D eigenvalue weighted by molar-refractivity contribution is 0.0580. The van der Waals surface area contributed by atoms with Crippen molar-refractivity contribution in [3.05, 3.63) is 23.2 Å². The Kier molecular flexibility index (Phi) is 3.38. The van der Waals surface area contributed by atoms with Crippen molar-refractivity contribution in [2.45, 2.75) is 32.7 Å². The molecule has 0 aromatic carbocycles. The summed E-state index contributed by atoms with van der Waals surface area (Å²) in [5.41, 5.74) is 7.40. The Morgan fingerprint density at radius 2 is 2.25 bits per heavy atom. The normalized spacial score (nSPS) is 23.2. The number of piperidine rings is 1. The molecule has 2 N–H and O–H groups in total. The Bertz CT molecular complexity index is 652. The van der Waals surface area contributed by atoms with E-state index in [-0.39, 0.29) is 11.9 Å².